The van der Waals surface area contributed by atoms with Gasteiger partial charge in [-0.1, -0.05) is 67.5 Å². The number of hydrogen-bond donors (Lipinski definition) is 1. The summed E-state index contributed by atoms with van der Waals surface area (Å²) in [5, 5.41) is 13.4. The van der Waals surface area contributed by atoms with Gasteiger partial charge in [0.1, 0.15) is 0 Å². The first-order valence-corrected chi connectivity index (χ1v) is 8.72. The number of nitrogens with zero attached hydrogens (tertiary/aromatic N) is 4. The molecule has 138 valence electrons. The van der Waals surface area contributed by atoms with Gasteiger partial charge in [0.05, 0.1) is 16.8 Å². The van der Waals surface area contributed by atoms with Gasteiger partial charge >= 0.3 is 5.97 Å². The Morgan fingerprint density at radius 2 is 1.81 bits per heavy atom. The minimum absolute atomic E-state index is 0.282. The molecule has 0 saturated carbocycles. The van der Waals surface area contributed by atoms with E-state index in [4.69, 9.17) is 5.53 Å². The van der Waals surface area contributed by atoms with Crippen LogP contribution in [-0.2, 0) is 0 Å². The molecule has 6 nitrogen and oxygen atoms in total. The SMILES string of the molecule is CC(C)CCN=[N+]=[N-].O=C(O)c1cc(-c2ccccc2)nc2ccccc12. The fraction of sp³-hybridized carbons (Fsp3) is 0.238. The highest BCUT2D eigenvalue weighted by Crippen LogP contribution is 2.24. The van der Waals surface area contributed by atoms with Crippen LogP contribution in [0.3, 0.4) is 0 Å². The second-order valence-corrected chi connectivity index (χ2v) is 6.38. The van der Waals surface area contributed by atoms with Crippen molar-refractivity contribution < 1.29 is 9.90 Å². The Balaban J connectivity index is 0.000000279. The summed E-state index contributed by atoms with van der Waals surface area (Å²) in [6.07, 6.45) is 0.990. The molecule has 0 aliphatic rings. The lowest BCUT2D eigenvalue weighted by Crippen LogP contribution is -2.00. The predicted molar refractivity (Wildman–Crippen MR) is 108 cm³/mol. The van der Waals surface area contributed by atoms with Crippen molar-refractivity contribution in [3.8, 4) is 11.3 Å². The molecule has 0 unspecified atom stereocenters. The Morgan fingerprint density at radius 3 is 2.44 bits per heavy atom. The first-order valence-electron chi connectivity index (χ1n) is 8.72. The smallest absolute Gasteiger partial charge is 0.336 e. The van der Waals surface area contributed by atoms with Crippen LogP contribution < -0.4 is 0 Å². The Morgan fingerprint density at radius 1 is 1.15 bits per heavy atom. The predicted octanol–water partition coefficient (Wildman–Crippen LogP) is 5.94. The Hall–Kier alpha value is -3.37. The van der Waals surface area contributed by atoms with E-state index in [-0.39, 0.29) is 5.56 Å². The van der Waals surface area contributed by atoms with Crippen molar-refractivity contribution in [2.75, 3.05) is 6.54 Å². The summed E-state index contributed by atoms with van der Waals surface area (Å²) < 4.78 is 0. The average molecular weight is 362 g/mol. The quantitative estimate of drug-likeness (QED) is 0.345. The number of hydrogen-bond acceptors (Lipinski definition) is 3. The molecule has 0 fully saturated rings. The summed E-state index contributed by atoms with van der Waals surface area (Å²) in [6.45, 7) is 4.84. The maximum Gasteiger partial charge on any atom is 0.336 e. The van der Waals surface area contributed by atoms with E-state index in [1.165, 1.54) is 0 Å². The summed E-state index contributed by atoms with van der Waals surface area (Å²) >= 11 is 0. The largest absolute Gasteiger partial charge is 0.478 e. The van der Waals surface area contributed by atoms with Crippen molar-refractivity contribution in [2.45, 2.75) is 20.3 Å². The van der Waals surface area contributed by atoms with E-state index < -0.39 is 5.97 Å². The molecule has 0 spiro atoms. The lowest BCUT2D eigenvalue weighted by Gasteiger charge is -2.06. The van der Waals surface area contributed by atoms with E-state index in [1.807, 2.05) is 48.5 Å². The Labute approximate surface area is 158 Å². The second-order valence-electron chi connectivity index (χ2n) is 6.38. The van der Waals surface area contributed by atoms with Crippen molar-refractivity contribution in [1.29, 1.82) is 0 Å². The zero-order valence-corrected chi connectivity index (χ0v) is 15.4. The summed E-state index contributed by atoms with van der Waals surface area (Å²) in [4.78, 5) is 18.5. The lowest BCUT2D eigenvalue weighted by atomic mass is 10.0. The third kappa shape index (κ3) is 5.83. The molecule has 0 radical (unpaired) electrons. The molecular weight excluding hydrogens is 340 g/mol. The van der Waals surface area contributed by atoms with Crippen LogP contribution in [0.25, 0.3) is 32.6 Å². The summed E-state index contributed by atoms with van der Waals surface area (Å²) in [6, 6.07) is 18.5. The minimum atomic E-state index is -0.934. The van der Waals surface area contributed by atoms with Gasteiger partial charge in [-0.3, -0.25) is 0 Å². The molecule has 0 aliphatic carbocycles. The fourth-order valence-electron chi connectivity index (χ4n) is 2.47. The van der Waals surface area contributed by atoms with Crippen LogP contribution in [0.4, 0.5) is 0 Å². The van der Waals surface area contributed by atoms with Crippen molar-refractivity contribution in [2.24, 2.45) is 11.0 Å². The molecule has 0 atom stereocenters. The van der Waals surface area contributed by atoms with Crippen LogP contribution in [0, 0.1) is 5.92 Å². The Bertz CT molecular complexity index is 949. The molecule has 0 amide bonds. The molecule has 0 aliphatic heterocycles. The number of carboxylic acids is 1. The number of azide groups is 1. The summed E-state index contributed by atoms with van der Waals surface area (Å²) in [5.74, 6) is -0.295. The first kappa shape index (κ1) is 19.9. The number of aromatic nitrogens is 1. The van der Waals surface area contributed by atoms with Crippen LogP contribution in [-0.4, -0.2) is 22.6 Å². The second kappa shape index (κ2) is 9.94. The van der Waals surface area contributed by atoms with Gasteiger partial charge in [0, 0.05) is 22.4 Å². The number of fused-ring (bicyclic) bond motifs is 1. The van der Waals surface area contributed by atoms with Crippen molar-refractivity contribution in [3.05, 3.63) is 76.7 Å². The normalized spacial score (nSPS) is 10.0. The van der Waals surface area contributed by atoms with Crippen LogP contribution in [0.2, 0.25) is 0 Å². The molecule has 0 saturated heterocycles. The van der Waals surface area contributed by atoms with Gasteiger partial charge in [-0.05, 0) is 30.0 Å². The van der Waals surface area contributed by atoms with E-state index >= 15 is 0 Å². The highest BCUT2D eigenvalue weighted by atomic mass is 16.4. The minimum Gasteiger partial charge on any atom is -0.478 e. The number of carboxylic acid groups (broad SMARTS) is 1. The third-order valence-electron chi connectivity index (χ3n) is 3.89. The van der Waals surface area contributed by atoms with E-state index in [1.54, 1.807) is 12.1 Å². The molecule has 1 aromatic heterocycles. The van der Waals surface area contributed by atoms with E-state index in [9.17, 15) is 9.90 Å². The van der Waals surface area contributed by atoms with Crippen LogP contribution in [0.1, 0.15) is 30.6 Å². The number of rotatable bonds is 5. The van der Waals surface area contributed by atoms with Crippen molar-refractivity contribution in [3.63, 3.8) is 0 Å². The van der Waals surface area contributed by atoms with Gasteiger partial charge in [0.2, 0.25) is 0 Å². The maximum atomic E-state index is 11.4. The van der Waals surface area contributed by atoms with E-state index in [0.717, 1.165) is 12.0 Å². The summed E-state index contributed by atoms with van der Waals surface area (Å²) in [5.41, 5.74) is 10.4. The fourth-order valence-corrected chi connectivity index (χ4v) is 2.47. The molecular formula is C21H22N4O2. The van der Waals surface area contributed by atoms with Crippen molar-refractivity contribution >= 4 is 16.9 Å². The van der Waals surface area contributed by atoms with Gasteiger partial charge in [-0.15, -0.1) is 0 Å². The molecule has 6 heteroatoms. The van der Waals surface area contributed by atoms with Gasteiger partial charge in [-0.25, -0.2) is 9.78 Å². The Kier molecular flexibility index (Phi) is 7.35. The first-order chi connectivity index (χ1) is 13.0. The van der Waals surface area contributed by atoms with Crippen LogP contribution in [0.15, 0.2) is 65.8 Å². The van der Waals surface area contributed by atoms with Gasteiger partial charge in [-0.2, -0.15) is 0 Å². The molecule has 1 heterocycles. The topological polar surface area (TPSA) is 99.0 Å². The third-order valence-corrected chi connectivity index (χ3v) is 3.89. The highest BCUT2D eigenvalue weighted by Gasteiger charge is 2.12. The summed E-state index contributed by atoms with van der Waals surface area (Å²) in [7, 11) is 0. The number of pyridine rings is 1. The zero-order chi connectivity index (χ0) is 19.6. The monoisotopic (exact) mass is 362 g/mol. The molecule has 3 rings (SSSR count). The molecule has 0 bridgehead atoms. The molecule has 27 heavy (non-hydrogen) atoms. The van der Waals surface area contributed by atoms with E-state index in [0.29, 0.717) is 29.1 Å². The number of para-hydroxylation sites is 1. The highest BCUT2D eigenvalue weighted by molar-refractivity contribution is 6.03. The molecule has 1 N–H and O–H groups in total. The van der Waals surface area contributed by atoms with Gasteiger partial charge in [0.25, 0.3) is 0 Å². The average Bonchev–Trinajstić information content (AvgIpc) is 2.68. The lowest BCUT2D eigenvalue weighted by molar-refractivity contribution is 0.0699. The standard InChI is InChI=1S/C16H11NO2.C5H11N3/c18-16(19)13-10-15(11-6-2-1-3-7-11)17-14-9-5-4-8-12(13)14;1-5(2)3-4-7-8-6/h1-10H,(H,18,19);5H,3-4H2,1-2H3. The number of aromatic carboxylic acids is 1. The van der Waals surface area contributed by atoms with Crippen molar-refractivity contribution in [1.82, 2.24) is 4.98 Å². The molecule has 3 aromatic rings. The molecule has 2 aromatic carbocycles. The van der Waals surface area contributed by atoms with Crippen LogP contribution >= 0.6 is 0 Å². The van der Waals surface area contributed by atoms with Crippen LogP contribution in [0.5, 0.6) is 0 Å². The zero-order valence-electron chi connectivity index (χ0n) is 15.4. The van der Waals surface area contributed by atoms with Gasteiger partial charge < -0.3 is 5.11 Å². The maximum absolute atomic E-state index is 11.4. The number of carbonyl (C=O) groups is 1. The van der Waals surface area contributed by atoms with Gasteiger partial charge in [0.15, 0.2) is 0 Å². The van der Waals surface area contributed by atoms with E-state index in [2.05, 4.69) is 28.9 Å². The number of benzene rings is 2.